The zero-order valence-electron chi connectivity index (χ0n) is 8.87. The molecule has 0 radical (unpaired) electrons. The van der Waals surface area contributed by atoms with Crippen LogP contribution in [0, 0.1) is 0 Å². The van der Waals surface area contributed by atoms with Gasteiger partial charge in [0.25, 0.3) is 0 Å². The van der Waals surface area contributed by atoms with E-state index in [0.29, 0.717) is 12.5 Å². The zero-order chi connectivity index (χ0) is 11.4. The summed E-state index contributed by atoms with van der Waals surface area (Å²) in [4.78, 5) is 15.7. The van der Waals surface area contributed by atoms with E-state index < -0.39 is 0 Å². The van der Waals surface area contributed by atoms with Crippen LogP contribution in [0.25, 0.3) is 0 Å². The summed E-state index contributed by atoms with van der Waals surface area (Å²) in [5, 5.41) is 6.17. The number of pyridine rings is 1. The molecular weight excluding hydrogens is 270 g/mol. The maximum atomic E-state index is 11.7. The number of nitrogens with zero attached hydrogens (tertiary/aromatic N) is 1. The van der Waals surface area contributed by atoms with Gasteiger partial charge in [0.05, 0.1) is 10.2 Å². The predicted molar refractivity (Wildman–Crippen MR) is 66.2 cm³/mol. The summed E-state index contributed by atoms with van der Waals surface area (Å²) < 4.78 is 0.808. The smallest absolute Gasteiger partial charge is 0.225 e. The number of halogens is 1. The molecule has 1 unspecified atom stereocenters. The summed E-state index contributed by atoms with van der Waals surface area (Å²) in [5.41, 5.74) is 0.776. The van der Waals surface area contributed by atoms with Crippen molar-refractivity contribution in [3.8, 4) is 0 Å². The summed E-state index contributed by atoms with van der Waals surface area (Å²) in [6.07, 6.45) is 6.12. The molecule has 16 heavy (non-hydrogen) atoms. The molecule has 0 aromatic carbocycles. The number of anilines is 1. The van der Waals surface area contributed by atoms with E-state index in [0.717, 1.165) is 29.5 Å². The molecule has 1 fully saturated rings. The van der Waals surface area contributed by atoms with Crippen molar-refractivity contribution in [2.24, 2.45) is 0 Å². The lowest BCUT2D eigenvalue weighted by atomic mass is 10.1. The molecule has 1 amide bonds. The molecule has 2 N–H and O–H groups in total. The topological polar surface area (TPSA) is 54.0 Å². The molecule has 0 spiro atoms. The van der Waals surface area contributed by atoms with Crippen molar-refractivity contribution in [1.29, 1.82) is 0 Å². The lowest BCUT2D eigenvalue weighted by molar-refractivity contribution is -0.116. The molecular formula is C11H14BrN3O. The van der Waals surface area contributed by atoms with Crippen molar-refractivity contribution in [3.05, 3.63) is 22.9 Å². The van der Waals surface area contributed by atoms with Crippen LogP contribution in [-0.2, 0) is 4.79 Å². The fourth-order valence-corrected chi connectivity index (χ4v) is 2.18. The second kappa shape index (κ2) is 5.41. The average molecular weight is 284 g/mol. The molecule has 0 saturated carbocycles. The first-order valence-electron chi connectivity index (χ1n) is 5.38. The molecule has 5 heteroatoms. The van der Waals surface area contributed by atoms with Gasteiger partial charge in [-0.3, -0.25) is 9.78 Å². The van der Waals surface area contributed by atoms with Gasteiger partial charge >= 0.3 is 0 Å². The second-order valence-corrected chi connectivity index (χ2v) is 4.76. The van der Waals surface area contributed by atoms with Crippen LogP contribution in [0.5, 0.6) is 0 Å². The van der Waals surface area contributed by atoms with Crippen LogP contribution >= 0.6 is 15.9 Å². The molecule has 1 aromatic heterocycles. The Hall–Kier alpha value is -0.940. The van der Waals surface area contributed by atoms with E-state index >= 15 is 0 Å². The number of hydrogen-bond donors (Lipinski definition) is 2. The maximum Gasteiger partial charge on any atom is 0.225 e. The zero-order valence-corrected chi connectivity index (χ0v) is 10.5. The van der Waals surface area contributed by atoms with E-state index in [1.165, 1.54) is 0 Å². The summed E-state index contributed by atoms with van der Waals surface area (Å²) in [5.74, 6) is 0.0475. The van der Waals surface area contributed by atoms with Crippen LogP contribution < -0.4 is 10.6 Å². The van der Waals surface area contributed by atoms with E-state index in [4.69, 9.17) is 0 Å². The summed E-state index contributed by atoms with van der Waals surface area (Å²) in [7, 11) is 0. The molecule has 1 aromatic rings. The Morgan fingerprint density at radius 2 is 2.56 bits per heavy atom. The van der Waals surface area contributed by atoms with Gasteiger partial charge in [0.2, 0.25) is 5.91 Å². The van der Waals surface area contributed by atoms with Gasteiger partial charge in [0.1, 0.15) is 0 Å². The van der Waals surface area contributed by atoms with Crippen LogP contribution in [0.15, 0.2) is 22.9 Å². The normalized spacial score (nSPS) is 19.7. The van der Waals surface area contributed by atoms with Crippen LogP contribution in [0.1, 0.15) is 19.3 Å². The molecule has 2 rings (SSSR count). The van der Waals surface area contributed by atoms with Crippen molar-refractivity contribution in [1.82, 2.24) is 10.3 Å². The number of rotatable bonds is 3. The number of nitrogens with one attached hydrogen (secondary N) is 2. The van der Waals surface area contributed by atoms with E-state index in [2.05, 4.69) is 31.5 Å². The Kier molecular flexibility index (Phi) is 3.90. The van der Waals surface area contributed by atoms with Gasteiger partial charge in [0.15, 0.2) is 0 Å². The minimum absolute atomic E-state index is 0.0475. The van der Waals surface area contributed by atoms with Gasteiger partial charge in [-0.1, -0.05) is 0 Å². The van der Waals surface area contributed by atoms with Crippen molar-refractivity contribution in [2.75, 3.05) is 11.9 Å². The highest BCUT2D eigenvalue weighted by molar-refractivity contribution is 9.10. The Balaban J connectivity index is 1.89. The monoisotopic (exact) mass is 283 g/mol. The van der Waals surface area contributed by atoms with E-state index in [9.17, 15) is 4.79 Å². The predicted octanol–water partition coefficient (Wildman–Crippen LogP) is 1.92. The molecule has 4 nitrogen and oxygen atoms in total. The van der Waals surface area contributed by atoms with Crippen LogP contribution in [0.2, 0.25) is 0 Å². The molecule has 1 aliphatic heterocycles. The molecule has 86 valence electrons. The summed E-state index contributed by atoms with van der Waals surface area (Å²) >= 11 is 3.34. The highest BCUT2D eigenvalue weighted by Gasteiger charge is 2.17. The van der Waals surface area contributed by atoms with Crippen molar-refractivity contribution < 1.29 is 4.79 Å². The van der Waals surface area contributed by atoms with Gasteiger partial charge < -0.3 is 10.6 Å². The number of amides is 1. The third-order valence-corrected chi connectivity index (χ3v) is 3.27. The maximum absolute atomic E-state index is 11.7. The lowest BCUT2D eigenvalue weighted by Crippen LogP contribution is -2.27. The van der Waals surface area contributed by atoms with Crippen LogP contribution in [-0.4, -0.2) is 23.5 Å². The SMILES string of the molecule is O=C(CC1CCCN1)Nc1ccncc1Br. The lowest BCUT2D eigenvalue weighted by Gasteiger charge is -2.11. The van der Waals surface area contributed by atoms with Crippen molar-refractivity contribution in [3.63, 3.8) is 0 Å². The van der Waals surface area contributed by atoms with Gasteiger partial charge in [-0.15, -0.1) is 0 Å². The van der Waals surface area contributed by atoms with E-state index in [1.807, 2.05) is 0 Å². The minimum atomic E-state index is 0.0475. The van der Waals surface area contributed by atoms with E-state index in [1.54, 1.807) is 18.5 Å². The fraction of sp³-hybridized carbons (Fsp3) is 0.455. The Labute approximate surface area is 103 Å². The number of carbonyl (C=O) groups excluding carboxylic acids is 1. The molecule has 0 bridgehead atoms. The average Bonchev–Trinajstić information content (AvgIpc) is 2.74. The molecule has 2 heterocycles. The first kappa shape index (κ1) is 11.5. The first-order valence-corrected chi connectivity index (χ1v) is 6.18. The Bertz CT molecular complexity index is 377. The standard InChI is InChI=1S/C11H14BrN3O/c12-9-7-13-5-3-10(9)15-11(16)6-8-2-1-4-14-8/h3,5,7-8,14H,1-2,4,6H2,(H,13,15,16). The highest BCUT2D eigenvalue weighted by atomic mass is 79.9. The molecule has 1 aliphatic rings. The third-order valence-electron chi connectivity index (χ3n) is 2.64. The first-order chi connectivity index (χ1) is 7.75. The van der Waals surface area contributed by atoms with Crippen LogP contribution in [0.3, 0.4) is 0 Å². The Morgan fingerprint density at radius 1 is 1.69 bits per heavy atom. The molecule has 1 atom stereocenters. The van der Waals surface area contributed by atoms with Gasteiger partial charge in [-0.2, -0.15) is 0 Å². The molecule has 1 saturated heterocycles. The quantitative estimate of drug-likeness (QED) is 0.891. The van der Waals surface area contributed by atoms with Gasteiger partial charge in [-0.05, 0) is 41.4 Å². The fourth-order valence-electron chi connectivity index (χ4n) is 1.83. The molecule has 0 aliphatic carbocycles. The summed E-state index contributed by atoms with van der Waals surface area (Å²) in [6.45, 7) is 1.02. The van der Waals surface area contributed by atoms with Crippen molar-refractivity contribution in [2.45, 2.75) is 25.3 Å². The largest absolute Gasteiger partial charge is 0.325 e. The van der Waals surface area contributed by atoms with E-state index in [-0.39, 0.29) is 5.91 Å². The number of aromatic nitrogens is 1. The van der Waals surface area contributed by atoms with Crippen LogP contribution in [0.4, 0.5) is 5.69 Å². The van der Waals surface area contributed by atoms with Gasteiger partial charge in [-0.25, -0.2) is 0 Å². The number of carbonyl (C=O) groups is 1. The number of hydrogen-bond acceptors (Lipinski definition) is 3. The van der Waals surface area contributed by atoms with Crippen molar-refractivity contribution >= 4 is 27.5 Å². The van der Waals surface area contributed by atoms with Gasteiger partial charge in [0, 0.05) is 24.9 Å². The highest BCUT2D eigenvalue weighted by Crippen LogP contribution is 2.20. The third kappa shape index (κ3) is 3.02. The minimum Gasteiger partial charge on any atom is -0.325 e. The summed E-state index contributed by atoms with van der Waals surface area (Å²) in [6, 6.07) is 2.12. The Morgan fingerprint density at radius 3 is 3.25 bits per heavy atom. The second-order valence-electron chi connectivity index (χ2n) is 3.90.